The van der Waals surface area contributed by atoms with Crippen LogP contribution in [0.5, 0.6) is 0 Å². The molecule has 1 heterocycles. The van der Waals surface area contributed by atoms with E-state index in [0.717, 1.165) is 30.6 Å². The van der Waals surface area contributed by atoms with Crippen molar-refractivity contribution in [2.45, 2.75) is 25.1 Å². The number of likely N-dealkylation sites (N-methyl/N-ethyl adjacent to an activating group) is 1. The minimum absolute atomic E-state index is 0.125. The fourth-order valence-corrected chi connectivity index (χ4v) is 2.90. The van der Waals surface area contributed by atoms with Gasteiger partial charge in [-0.1, -0.05) is 30.0 Å². The van der Waals surface area contributed by atoms with E-state index in [9.17, 15) is 5.11 Å². The smallest absolute Gasteiger partial charge is 0.104 e. The van der Waals surface area contributed by atoms with E-state index in [-0.39, 0.29) is 12.7 Å². The van der Waals surface area contributed by atoms with Crippen LogP contribution in [0.3, 0.4) is 0 Å². The molecule has 21 heavy (non-hydrogen) atoms. The number of β-amino-alcohol motifs (C(OH)–C–C–N with tert-alkyl or cyclic N) is 1. The van der Waals surface area contributed by atoms with E-state index in [1.807, 2.05) is 18.2 Å². The molecule has 114 valence electrons. The van der Waals surface area contributed by atoms with Crippen molar-refractivity contribution in [2.24, 2.45) is 0 Å². The second kappa shape index (κ2) is 7.58. The Morgan fingerprint density at radius 1 is 1.33 bits per heavy atom. The molecule has 2 rings (SSSR count). The lowest BCUT2D eigenvalue weighted by atomic mass is 10.1. The van der Waals surface area contributed by atoms with E-state index in [2.05, 4.69) is 41.8 Å². The van der Waals surface area contributed by atoms with Gasteiger partial charge in [0.15, 0.2) is 0 Å². The Morgan fingerprint density at radius 2 is 2.10 bits per heavy atom. The summed E-state index contributed by atoms with van der Waals surface area (Å²) in [7, 11) is 4.12. The van der Waals surface area contributed by atoms with E-state index in [1.165, 1.54) is 0 Å². The lowest BCUT2D eigenvalue weighted by molar-refractivity contribution is 0.169. The van der Waals surface area contributed by atoms with Crippen LogP contribution in [0.4, 0.5) is 0 Å². The van der Waals surface area contributed by atoms with Crippen molar-refractivity contribution in [3.05, 3.63) is 35.4 Å². The monoisotopic (exact) mass is 288 g/mol. The first-order chi connectivity index (χ1) is 10.1. The number of benzene rings is 1. The highest BCUT2D eigenvalue weighted by Crippen LogP contribution is 2.22. The molecule has 1 fully saturated rings. The third-order valence-electron chi connectivity index (χ3n) is 3.77. The molecule has 1 aliphatic rings. The standard InChI is InChI=1S/C17H24N2O2/c1-18(2)12-16-10-17(21)13-19(16)11-15-7-4-3-6-14(15)8-5-9-20/h3-4,6-7,16-17,20-21H,9-13H2,1-2H3. The molecule has 0 spiro atoms. The summed E-state index contributed by atoms with van der Waals surface area (Å²) in [5.41, 5.74) is 2.10. The molecule has 0 aromatic heterocycles. The summed E-state index contributed by atoms with van der Waals surface area (Å²) in [5.74, 6) is 5.72. The molecule has 0 amide bonds. The van der Waals surface area contributed by atoms with Crippen LogP contribution < -0.4 is 0 Å². The van der Waals surface area contributed by atoms with Crippen LogP contribution in [0.1, 0.15) is 17.5 Å². The van der Waals surface area contributed by atoms with E-state index < -0.39 is 0 Å². The van der Waals surface area contributed by atoms with Gasteiger partial charge in [0.1, 0.15) is 6.61 Å². The van der Waals surface area contributed by atoms with Crippen molar-refractivity contribution in [1.29, 1.82) is 0 Å². The summed E-state index contributed by atoms with van der Waals surface area (Å²) in [5, 5.41) is 18.8. The molecule has 1 aromatic rings. The second-order valence-electron chi connectivity index (χ2n) is 5.85. The van der Waals surface area contributed by atoms with Crippen LogP contribution in [0, 0.1) is 11.8 Å². The molecule has 0 aliphatic carbocycles. The Hall–Kier alpha value is -1.38. The van der Waals surface area contributed by atoms with Crippen molar-refractivity contribution in [1.82, 2.24) is 9.80 Å². The minimum Gasteiger partial charge on any atom is -0.392 e. The Bertz CT molecular complexity index is 519. The molecule has 1 aromatic carbocycles. The summed E-state index contributed by atoms with van der Waals surface area (Å²) >= 11 is 0. The highest BCUT2D eigenvalue weighted by atomic mass is 16.3. The first kappa shape index (κ1) is 16.0. The highest BCUT2D eigenvalue weighted by molar-refractivity contribution is 5.41. The molecule has 4 nitrogen and oxygen atoms in total. The summed E-state index contributed by atoms with van der Waals surface area (Å²) < 4.78 is 0. The number of aliphatic hydroxyl groups is 2. The maximum absolute atomic E-state index is 9.95. The van der Waals surface area contributed by atoms with E-state index in [0.29, 0.717) is 12.6 Å². The van der Waals surface area contributed by atoms with Crippen molar-refractivity contribution >= 4 is 0 Å². The molecular formula is C17H24N2O2. The van der Waals surface area contributed by atoms with Crippen molar-refractivity contribution in [3.63, 3.8) is 0 Å². The zero-order chi connectivity index (χ0) is 15.2. The topological polar surface area (TPSA) is 46.9 Å². The van der Waals surface area contributed by atoms with Crippen LogP contribution >= 0.6 is 0 Å². The van der Waals surface area contributed by atoms with E-state index in [4.69, 9.17) is 5.11 Å². The molecular weight excluding hydrogens is 264 g/mol. The number of rotatable bonds is 4. The van der Waals surface area contributed by atoms with Gasteiger partial charge < -0.3 is 15.1 Å². The van der Waals surface area contributed by atoms with Crippen LogP contribution in [-0.2, 0) is 6.54 Å². The van der Waals surface area contributed by atoms with Crippen molar-refractivity contribution in [2.75, 3.05) is 33.8 Å². The number of likely N-dealkylation sites (tertiary alicyclic amines) is 1. The number of hydrogen-bond acceptors (Lipinski definition) is 4. The molecule has 1 aliphatic heterocycles. The van der Waals surface area contributed by atoms with Gasteiger partial charge in [0.05, 0.1) is 6.10 Å². The van der Waals surface area contributed by atoms with Gasteiger partial charge in [-0.25, -0.2) is 0 Å². The van der Waals surface area contributed by atoms with Gasteiger partial charge >= 0.3 is 0 Å². The average Bonchev–Trinajstić information content (AvgIpc) is 2.77. The van der Waals surface area contributed by atoms with Crippen LogP contribution in [-0.4, -0.2) is 66.0 Å². The zero-order valence-corrected chi connectivity index (χ0v) is 12.8. The fourth-order valence-electron chi connectivity index (χ4n) is 2.90. The van der Waals surface area contributed by atoms with E-state index >= 15 is 0 Å². The van der Waals surface area contributed by atoms with Gasteiger partial charge in [0.2, 0.25) is 0 Å². The first-order valence-corrected chi connectivity index (χ1v) is 7.34. The second-order valence-corrected chi connectivity index (χ2v) is 5.85. The number of nitrogens with zero attached hydrogens (tertiary/aromatic N) is 2. The molecule has 4 heteroatoms. The van der Waals surface area contributed by atoms with Crippen molar-refractivity contribution in [3.8, 4) is 11.8 Å². The molecule has 0 bridgehead atoms. The van der Waals surface area contributed by atoms with Crippen LogP contribution in [0.15, 0.2) is 24.3 Å². The predicted molar refractivity (Wildman–Crippen MR) is 83.8 cm³/mol. The van der Waals surface area contributed by atoms with E-state index in [1.54, 1.807) is 0 Å². The Balaban J connectivity index is 2.13. The SMILES string of the molecule is CN(C)CC1CC(O)CN1Cc1ccccc1C#CCO. The third-order valence-corrected chi connectivity index (χ3v) is 3.77. The first-order valence-electron chi connectivity index (χ1n) is 7.34. The molecule has 2 unspecified atom stereocenters. The number of hydrogen-bond donors (Lipinski definition) is 2. The highest BCUT2D eigenvalue weighted by Gasteiger charge is 2.31. The zero-order valence-electron chi connectivity index (χ0n) is 12.8. The predicted octanol–water partition coefficient (Wildman–Crippen LogP) is 0.527. The summed E-state index contributed by atoms with van der Waals surface area (Å²) in [6, 6.07) is 8.38. The summed E-state index contributed by atoms with van der Waals surface area (Å²) in [4.78, 5) is 4.48. The molecule has 2 N–H and O–H groups in total. The van der Waals surface area contributed by atoms with Gasteiger partial charge in [0.25, 0.3) is 0 Å². The van der Waals surface area contributed by atoms with Gasteiger partial charge in [0, 0.05) is 31.2 Å². The maximum Gasteiger partial charge on any atom is 0.104 e. The Labute approximate surface area is 127 Å². The summed E-state index contributed by atoms with van der Waals surface area (Å²) in [6.07, 6.45) is 0.577. The van der Waals surface area contributed by atoms with Crippen LogP contribution in [0.25, 0.3) is 0 Å². The average molecular weight is 288 g/mol. The van der Waals surface area contributed by atoms with Gasteiger partial charge in [-0.2, -0.15) is 0 Å². The molecule has 0 radical (unpaired) electrons. The van der Waals surface area contributed by atoms with Crippen LogP contribution in [0.2, 0.25) is 0 Å². The lowest BCUT2D eigenvalue weighted by Crippen LogP contribution is -2.37. The molecule has 0 saturated carbocycles. The summed E-state index contributed by atoms with van der Waals surface area (Å²) in [6.45, 7) is 2.31. The maximum atomic E-state index is 9.95. The molecule has 1 saturated heterocycles. The third kappa shape index (κ3) is 4.55. The lowest BCUT2D eigenvalue weighted by Gasteiger charge is -2.27. The van der Waals surface area contributed by atoms with Gasteiger partial charge in [-0.15, -0.1) is 0 Å². The molecule has 2 atom stereocenters. The van der Waals surface area contributed by atoms with Gasteiger partial charge in [-0.05, 0) is 32.1 Å². The quantitative estimate of drug-likeness (QED) is 0.793. The van der Waals surface area contributed by atoms with Gasteiger partial charge in [-0.3, -0.25) is 4.90 Å². The number of aliphatic hydroxyl groups excluding tert-OH is 2. The fraction of sp³-hybridized carbons (Fsp3) is 0.529. The van der Waals surface area contributed by atoms with Crippen molar-refractivity contribution < 1.29 is 10.2 Å². The normalized spacial score (nSPS) is 22.3. The largest absolute Gasteiger partial charge is 0.392 e. The Morgan fingerprint density at radius 3 is 2.81 bits per heavy atom. The Kier molecular flexibility index (Phi) is 5.77. The minimum atomic E-state index is -0.245.